The van der Waals surface area contributed by atoms with E-state index in [0.717, 1.165) is 45.4 Å². The number of hydrogen-bond acceptors (Lipinski definition) is 3. The average Bonchev–Trinajstić information content (AvgIpc) is 2.27. The first-order valence-electron chi connectivity index (χ1n) is 6.77. The molecule has 1 amide bonds. The molecule has 0 bridgehead atoms. The Morgan fingerprint density at radius 3 is 2.65 bits per heavy atom. The third kappa shape index (κ3) is 2.99. The van der Waals surface area contributed by atoms with Gasteiger partial charge in [0.2, 0.25) is 5.91 Å². The molecule has 0 aromatic heterocycles. The molecular formula is C13H24N2O2. The Bertz CT molecular complexity index is 269. The summed E-state index contributed by atoms with van der Waals surface area (Å²) in [5, 5.41) is 6.47. The van der Waals surface area contributed by atoms with Crippen LogP contribution in [-0.2, 0) is 9.53 Å². The first-order valence-corrected chi connectivity index (χ1v) is 6.77. The third-order valence-electron chi connectivity index (χ3n) is 4.09. The van der Waals surface area contributed by atoms with Gasteiger partial charge in [-0.2, -0.15) is 0 Å². The van der Waals surface area contributed by atoms with Gasteiger partial charge in [-0.15, -0.1) is 0 Å². The topological polar surface area (TPSA) is 50.4 Å². The Balaban J connectivity index is 1.74. The lowest BCUT2D eigenvalue weighted by Crippen LogP contribution is -2.53. The highest BCUT2D eigenvalue weighted by atomic mass is 16.5. The Morgan fingerprint density at radius 2 is 2.06 bits per heavy atom. The van der Waals surface area contributed by atoms with Crippen molar-refractivity contribution in [2.75, 3.05) is 19.7 Å². The minimum atomic E-state index is -0.165. The molecule has 1 aliphatic heterocycles. The monoisotopic (exact) mass is 240 g/mol. The summed E-state index contributed by atoms with van der Waals surface area (Å²) in [6.07, 6.45) is 4.22. The van der Waals surface area contributed by atoms with Gasteiger partial charge in [0.25, 0.3) is 0 Å². The van der Waals surface area contributed by atoms with Gasteiger partial charge in [0.15, 0.2) is 0 Å². The van der Waals surface area contributed by atoms with E-state index in [4.69, 9.17) is 4.74 Å². The molecule has 17 heavy (non-hydrogen) atoms. The molecule has 4 nitrogen and oxygen atoms in total. The van der Waals surface area contributed by atoms with Gasteiger partial charge in [-0.1, -0.05) is 6.92 Å². The van der Waals surface area contributed by atoms with Crippen molar-refractivity contribution in [3.8, 4) is 0 Å². The fourth-order valence-electron chi connectivity index (χ4n) is 2.62. The molecule has 0 aromatic rings. The molecule has 4 heteroatoms. The molecular weight excluding hydrogens is 216 g/mol. The summed E-state index contributed by atoms with van der Waals surface area (Å²) in [6, 6.07) is 0.339. The largest absolute Gasteiger partial charge is 0.378 e. The van der Waals surface area contributed by atoms with E-state index >= 15 is 0 Å². The van der Waals surface area contributed by atoms with Crippen LogP contribution >= 0.6 is 0 Å². The van der Waals surface area contributed by atoms with Crippen LogP contribution < -0.4 is 10.6 Å². The van der Waals surface area contributed by atoms with Crippen molar-refractivity contribution >= 4 is 5.91 Å². The van der Waals surface area contributed by atoms with E-state index < -0.39 is 0 Å². The molecule has 2 fully saturated rings. The van der Waals surface area contributed by atoms with Gasteiger partial charge in [-0.25, -0.2) is 0 Å². The number of nitrogens with one attached hydrogen (secondary N) is 2. The zero-order valence-corrected chi connectivity index (χ0v) is 10.9. The number of piperidine rings is 1. The molecule has 2 N–H and O–H groups in total. The van der Waals surface area contributed by atoms with E-state index in [1.165, 1.54) is 0 Å². The molecule has 1 aliphatic carbocycles. The molecule has 0 unspecified atom stereocenters. The van der Waals surface area contributed by atoms with E-state index in [1.54, 1.807) is 0 Å². The summed E-state index contributed by atoms with van der Waals surface area (Å²) >= 11 is 0. The number of ether oxygens (including phenoxy) is 1. The molecule has 0 aromatic carbocycles. The van der Waals surface area contributed by atoms with Crippen molar-refractivity contribution in [1.29, 1.82) is 0 Å². The molecule has 0 radical (unpaired) electrons. The van der Waals surface area contributed by atoms with Crippen molar-refractivity contribution in [2.45, 2.75) is 51.7 Å². The maximum Gasteiger partial charge on any atom is 0.226 e. The summed E-state index contributed by atoms with van der Waals surface area (Å²) in [4.78, 5) is 12.2. The second kappa shape index (κ2) is 5.36. The van der Waals surface area contributed by atoms with Gasteiger partial charge in [-0.05, 0) is 45.7 Å². The predicted molar refractivity (Wildman–Crippen MR) is 66.8 cm³/mol. The van der Waals surface area contributed by atoms with Gasteiger partial charge in [0, 0.05) is 18.1 Å². The minimum absolute atomic E-state index is 0.165. The Morgan fingerprint density at radius 1 is 1.41 bits per heavy atom. The second-order valence-electron chi connectivity index (χ2n) is 5.53. The van der Waals surface area contributed by atoms with Gasteiger partial charge >= 0.3 is 0 Å². The summed E-state index contributed by atoms with van der Waals surface area (Å²) in [6.45, 7) is 6.78. The van der Waals surface area contributed by atoms with Gasteiger partial charge in [0.05, 0.1) is 6.10 Å². The second-order valence-corrected chi connectivity index (χ2v) is 5.53. The van der Waals surface area contributed by atoms with Crippen LogP contribution in [0, 0.1) is 5.41 Å². The summed E-state index contributed by atoms with van der Waals surface area (Å²) < 4.78 is 5.50. The Hall–Kier alpha value is -0.610. The lowest BCUT2D eigenvalue weighted by Gasteiger charge is -2.39. The fraction of sp³-hybridized carbons (Fsp3) is 0.923. The van der Waals surface area contributed by atoms with Gasteiger partial charge in [-0.3, -0.25) is 4.79 Å². The van der Waals surface area contributed by atoms with Crippen LogP contribution in [0.2, 0.25) is 0 Å². The highest BCUT2D eigenvalue weighted by Crippen LogP contribution is 2.30. The molecule has 0 spiro atoms. The zero-order chi connectivity index (χ0) is 12.3. The number of carbonyl (C=O) groups excluding carboxylic acids is 1. The highest BCUT2D eigenvalue weighted by molar-refractivity contribution is 5.82. The Kier molecular flexibility index (Phi) is 4.05. The number of carbonyl (C=O) groups is 1. The van der Waals surface area contributed by atoms with E-state index in [9.17, 15) is 4.79 Å². The van der Waals surface area contributed by atoms with Crippen LogP contribution in [0.1, 0.15) is 39.5 Å². The van der Waals surface area contributed by atoms with E-state index in [-0.39, 0.29) is 11.3 Å². The minimum Gasteiger partial charge on any atom is -0.378 e. The van der Waals surface area contributed by atoms with Crippen LogP contribution in [0.3, 0.4) is 0 Å². The SMILES string of the molecule is CCOC1CC(NC(=O)C2(C)CCNCC2)C1. The van der Waals surface area contributed by atoms with Crippen LogP contribution in [0.5, 0.6) is 0 Å². The summed E-state index contributed by atoms with van der Waals surface area (Å²) in [5.74, 6) is 0.235. The standard InChI is InChI=1S/C13H24N2O2/c1-3-17-11-8-10(9-11)15-12(16)13(2)4-6-14-7-5-13/h10-11,14H,3-9H2,1-2H3,(H,15,16). The van der Waals surface area contributed by atoms with Crippen molar-refractivity contribution in [1.82, 2.24) is 10.6 Å². The smallest absolute Gasteiger partial charge is 0.226 e. The number of hydrogen-bond donors (Lipinski definition) is 2. The maximum atomic E-state index is 12.2. The van der Waals surface area contributed by atoms with Gasteiger partial charge < -0.3 is 15.4 Å². The number of amides is 1. The van der Waals surface area contributed by atoms with Crippen LogP contribution in [0.4, 0.5) is 0 Å². The van der Waals surface area contributed by atoms with Crippen LogP contribution in [0.15, 0.2) is 0 Å². The van der Waals surface area contributed by atoms with Crippen molar-refractivity contribution in [3.63, 3.8) is 0 Å². The van der Waals surface area contributed by atoms with Crippen molar-refractivity contribution < 1.29 is 9.53 Å². The lowest BCUT2D eigenvalue weighted by molar-refractivity contribution is -0.134. The highest BCUT2D eigenvalue weighted by Gasteiger charge is 2.38. The first-order chi connectivity index (χ1) is 8.14. The predicted octanol–water partition coefficient (Wildman–Crippen LogP) is 1.06. The average molecular weight is 240 g/mol. The maximum absolute atomic E-state index is 12.2. The third-order valence-corrected chi connectivity index (χ3v) is 4.09. The molecule has 0 atom stereocenters. The summed E-state index contributed by atoms with van der Waals surface area (Å²) in [5.41, 5.74) is -0.165. The van der Waals surface area contributed by atoms with Crippen molar-refractivity contribution in [2.24, 2.45) is 5.41 Å². The fourth-order valence-corrected chi connectivity index (χ4v) is 2.62. The van der Waals surface area contributed by atoms with Crippen LogP contribution in [0.25, 0.3) is 0 Å². The molecule has 2 aliphatic rings. The Labute approximate surface area is 103 Å². The van der Waals surface area contributed by atoms with Crippen LogP contribution in [-0.4, -0.2) is 37.7 Å². The lowest BCUT2D eigenvalue weighted by atomic mass is 9.79. The molecule has 1 heterocycles. The van der Waals surface area contributed by atoms with E-state index in [1.807, 2.05) is 6.92 Å². The molecule has 1 saturated carbocycles. The zero-order valence-electron chi connectivity index (χ0n) is 10.9. The normalized spacial score (nSPS) is 31.6. The van der Waals surface area contributed by atoms with E-state index in [2.05, 4.69) is 17.6 Å². The number of rotatable bonds is 4. The molecule has 98 valence electrons. The quantitative estimate of drug-likeness (QED) is 0.772. The van der Waals surface area contributed by atoms with E-state index in [0.29, 0.717) is 12.1 Å². The van der Waals surface area contributed by atoms with Gasteiger partial charge in [0.1, 0.15) is 0 Å². The summed E-state index contributed by atoms with van der Waals surface area (Å²) in [7, 11) is 0. The molecule has 1 saturated heterocycles. The molecule has 2 rings (SSSR count). The first kappa shape index (κ1) is 12.8. The van der Waals surface area contributed by atoms with Crippen molar-refractivity contribution in [3.05, 3.63) is 0 Å².